The van der Waals surface area contributed by atoms with E-state index in [0.29, 0.717) is 47.4 Å². The number of hydrogen-bond acceptors (Lipinski definition) is 7. The molecule has 0 N–H and O–H groups in total. The lowest BCUT2D eigenvalue weighted by Crippen LogP contribution is -2.23. The summed E-state index contributed by atoms with van der Waals surface area (Å²) in [6.07, 6.45) is 3.18. The Morgan fingerprint density at radius 2 is 1.88 bits per heavy atom. The summed E-state index contributed by atoms with van der Waals surface area (Å²) in [6.45, 7) is 5.62. The molecule has 180 valence electrons. The average Bonchev–Trinajstić information content (AvgIpc) is 3.16. The van der Waals surface area contributed by atoms with E-state index in [2.05, 4.69) is 11.9 Å². The highest BCUT2D eigenvalue weighted by Crippen LogP contribution is 2.35. The van der Waals surface area contributed by atoms with Crippen LogP contribution in [-0.2, 0) is 16.1 Å². The van der Waals surface area contributed by atoms with Crippen molar-refractivity contribution in [2.75, 3.05) is 26.4 Å². The minimum absolute atomic E-state index is 0.0693. The maximum atomic E-state index is 13.0. The maximum absolute atomic E-state index is 13.0. The monoisotopic (exact) mass is 484 g/mol. The molecule has 1 aliphatic rings. The first-order chi connectivity index (χ1) is 16.6. The molecule has 34 heavy (non-hydrogen) atoms. The van der Waals surface area contributed by atoms with Crippen LogP contribution in [0.1, 0.15) is 43.5 Å². The van der Waals surface area contributed by atoms with E-state index in [-0.39, 0.29) is 13.2 Å². The molecule has 0 radical (unpaired) electrons. The molecular formula is C25H28N2O6S. The van der Waals surface area contributed by atoms with Crippen molar-refractivity contribution in [2.24, 2.45) is 4.99 Å². The van der Waals surface area contributed by atoms with Crippen molar-refractivity contribution in [2.45, 2.75) is 39.7 Å². The number of benzene rings is 2. The number of carbonyl (C=O) groups excluding carboxylic acids is 2. The van der Waals surface area contributed by atoms with Crippen molar-refractivity contribution in [3.63, 3.8) is 0 Å². The fourth-order valence-corrected chi connectivity index (χ4v) is 4.63. The second-order valence-electron chi connectivity index (χ2n) is 7.74. The summed E-state index contributed by atoms with van der Waals surface area (Å²) < 4.78 is 24.8. The third-order valence-electron chi connectivity index (χ3n) is 5.23. The number of unbranched alkanes of at least 4 members (excludes halogenated alkanes) is 2. The highest BCUT2D eigenvalue weighted by molar-refractivity contribution is 7.16. The molecule has 0 aliphatic carbocycles. The number of hydrogen-bond donors (Lipinski definition) is 0. The van der Waals surface area contributed by atoms with Crippen LogP contribution in [0.2, 0.25) is 0 Å². The predicted molar refractivity (Wildman–Crippen MR) is 129 cm³/mol. The molecule has 0 saturated heterocycles. The van der Waals surface area contributed by atoms with Crippen molar-refractivity contribution in [3.05, 3.63) is 46.8 Å². The number of carbonyl (C=O) groups is 2. The normalized spacial score (nSPS) is 13.2. The topological polar surface area (TPSA) is 88.4 Å². The Kier molecular flexibility index (Phi) is 7.84. The average molecular weight is 485 g/mol. The molecule has 3 aromatic rings. The molecule has 0 bridgehead atoms. The van der Waals surface area contributed by atoms with Crippen molar-refractivity contribution in [3.8, 4) is 17.2 Å². The minimum Gasteiger partial charge on any atom is -0.494 e. The van der Waals surface area contributed by atoms with Crippen LogP contribution in [0, 0.1) is 0 Å². The zero-order valence-corrected chi connectivity index (χ0v) is 20.2. The van der Waals surface area contributed by atoms with E-state index >= 15 is 0 Å². The molecule has 2 heterocycles. The van der Waals surface area contributed by atoms with Crippen LogP contribution in [0.25, 0.3) is 10.2 Å². The van der Waals surface area contributed by atoms with Gasteiger partial charge in [0.1, 0.15) is 25.5 Å². The number of aromatic nitrogens is 1. The number of amides is 1. The first-order valence-corrected chi connectivity index (χ1v) is 12.3. The number of rotatable bonds is 9. The fraction of sp³-hybridized carbons (Fsp3) is 0.400. The van der Waals surface area contributed by atoms with Crippen LogP contribution in [-0.4, -0.2) is 42.9 Å². The van der Waals surface area contributed by atoms with E-state index < -0.39 is 11.9 Å². The summed E-state index contributed by atoms with van der Waals surface area (Å²) in [5.74, 6) is 1.04. The summed E-state index contributed by atoms with van der Waals surface area (Å²) in [5.41, 5.74) is 1.14. The van der Waals surface area contributed by atoms with Crippen molar-refractivity contribution in [1.29, 1.82) is 0 Å². The Labute approximate surface area is 201 Å². The van der Waals surface area contributed by atoms with Gasteiger partial charge in [-0.25, -0.2) is 0 Å². The third kappa shape index (κ3) is 5.59. The Bertz CT molecular complexity index is 1250. The van der Waals surface area contributed by atoms with E-state index in [9.17, 15) is 9.59 Å². The Morgan fingerprint density at radius 1 is 1.09 bits per heavy atom. The SMILES string of the molecule is CCCCCOc1cccc(C(=O)N=c2sc3cc4c(cc3n2CC(=O)OCC)OCCO4)c1. The number of thiazole rings is 1. The summed E-state index contributed by atoms with van der Waals surface area (Å²) >= 11 is 1.30. The highest BCUT2D eigenvalue weighted by atomic mass is 32.1. The van der Waals surface area contributed by atoms with Gasteiger partial charge in [0, 0.05) is 17.7 Å². The van der Waals surface area contributed by atoms with Gasteiger partial charge in [-0.2, -0.15) is 4.99 Å². The molecular weight excluding hydrogens is 456 g/mol. The number of nitrogens with zero attached hydrogens (tertiary/aromatic N) is 2. The zero-order chi connectivity index (χ0) is 23.9. The lowest BCUT2D eigenvalue weighted by atomic mass is 10.2. The van der Waals surface area contributed by atoms with Gasteiger partial charge in [-0.3, -0.25) is 9.59 Å². The molecule has 9 heteroatoms. The first-order valence-electron chi connectivity index (χ1n) is 11.5. The summed E-state index contributed by atoms with van der Waals surface area (Å²) in [6, 6.07) is 10.7. The minimum atomic E-state index is -0.416. The number of ether oxygens (including phenoxy) is 4. The van der Waals surface area contributed by atoms with Crippen LogP contribution in [0.3, 0.4) is 0 Å². The fourth-order valence-electron chi connectivity index (χ4n) is 3.59. The van der Waals surface area contributed by atoms with Gasteiger partial charge >= 0.3 is 5.97 Å². The molecule has 8 nitrogen and oxygen atoms in total. The van der Waals surface area contributed by atoms with Gasteiger partial charge in [0.05, 0.1) is 23.4 Å². The lowest BCUT2D eigenvalue weighted by molar-refractivity contribution is -0.143. The van der Waals surface area contributed by atoms with Crippen LogP contribution in [0.4, 0.5) is 0 Å². The quantitative estimate of drug-likeness (QED) is 0.332. The molecule has 4 rings (SSSR count). The molecule has 0 fully saturated rings. The lowest BCUT2D eigenvalue weighted by Gasteiger charge is -2.18. The third-order valence-corrected chi connectivity index (χ3v) is 6.28. The van der Waals surface area contributed by atoms with E-state index in [0.717, 1.165) is 29.5 Å². The molecule has 1 aliphatic heterocycles. The molecule has 0 unspecified atom stereocenters. The molecule has 0 spiro atoms. The number of fused-ring (bicyclic) bond motifs is 2. The Morgan fingerprint density at radius 3 is 2.65 bits per heavy atom. The van der Waals surface area contributed by atoms with Gasteiger partial charge < -0.3 is 23.5 Å². The van der Waals surface area contributed by atoms with E-state index in [1.165, 1.54) is 11.3 Å². The Balaban J connectivity index is 1.68. The molecule has 1 aromatic heterocycles. The highest BCUT2D eigenvalue weighted by Gasteiger charge is 2.19. The van der Waals surface area contributed by atoms with Crippen molar-refractivity contribution in [1.82, 2.24) is 4.57 Å². The largest absolute Gasteiger partial charge is 0.494 e. The van der Waals surface area contributed by atoms with Gasteiger partial charge in [-0.05, 0) is 31.5 Å². The van der Waals surface area contributed by atoms with Gasteiger partial charge in [0.2, 0.25) is 0 Å². The summed E-state index contributed by atoms with van der Waals surface area (Å²) in [7, 11) is 0. The zero-order valence-electron chi connectivity index (χ0n) is 19.4. The Hall–Kier alpha value is -3.33. The smallest absolute Gasteiger partial charge is 0.326 e. The van der Waals surface area contributed by atoms with E-state index in [1.807, 2.05) is 18.2 Å². The molecule has 0 saturated carbocycles. The summed E-state index contributed by atoms with van der Waals surface area (Å²) in [5, 5.41) is 0. The van der Waals surface area contributed by atoms with E-state index in [4.69, 9.17) is 18.9 Å². The molecule has 2 aromatic carbocycles. The van der Waals surface area contributed by atoms with Crippen LogP contribution >= 0.6 is 11.3 Å². The second-order valence-corrected chi connectivity index (χ2v) is 8.75. The van der Waals surface area contributed by atoms with Gasteiger partial charge in [-0.1, -0.05) is 37.2 Å². The molecule has 1 amide bonds. The van der Waals surface area contributed by atoms with Crippen LogP contribution < -0.4 is 19.0 Å². The number of esters is 1. The van der Waals surface area contributed by atoms with Gasteiger partial charge in [0.25, 0.3) is 5.91 Å². The predicted octanol–water partition coefficient (Wildman–Crippen LogP) is 4.35. The van der Waals surface area contributed by atoms with Gasteiger partial charge in [0.15, 0.2) is 16.3 Å². The van der Waals surface area contributed by atoms with Crippen molar-refractivity contribution < 1.29 is 28.5 Å². The summed E-state index contributed by atoms with van der Waals surface area (Å²) in [4.78, 5) is 30.1. The molecule has 0 atom stereocenters. The van der Waals surface area contributed by atoms with Crippen LogP contribution in [0.15, 0.2) is 41.4 Å². The van der Waals surface area contributed by atoms with E-state index in [1.54, 1.807) is 29.7 Å². The first kappa shape index (κ1) is 23.8. The van der Waals surface area contributed by atoms with Crippen LogP contribution in [0.5, 0.6) is 17.2 Å². The second kappa shape index (κ2) is 11.2. The van der Waals surface area contributed by atoms with Crippen molar-refractivity contribution >= 4 is 33.4 Å². The standard InChI is InChI=1S/C25H28N2O6S/c1-3-5-6-10-31-18-9-7-8-17(13-18)24(29)26-25-27(16-23(28)30-4-2)19-14-20-21(15-22(19)34-25)33-12-11-32-20/h7-9,13-15H,3-6,10-12,16H2,1-2H3. The van der Waals surface area contributed by atoms with Gasteiger partial charge in [-0.15, -0.1) is 0 Å². The maximum Gasteiger partial charge on any atom is 0.326 e.